The molecule has 0 aromatic rings. The number of quaternary nitrogens is 1. The molecule has 0 radical (unpaired) electrons. The molecular formula is C21H37NO4. The van der Waals surface area contributed by atoms with Crippen molar-refractivity contribution in [3.05, 3.63) is 24.3 Å². The minimum absolute atomic E-state index is 0.246. The van der Waals surface area contributed by atoms with Crippen LogP contribution in [0.15, 0.2) is 24.3 Å². The lowest BCUT2D eigenvalue weighted by molar-refractivity contribution is -0.873. The standard InChI is InChI=1S/C21H37NO4/c1-5-6-7-8-9-10-11-12-13-14-15-16-21(25)26-19(17-20(23)24)18-22(2,3)4/h5-8,19H,9-18H2,1-4H3/b6-5+,8-7+. The molecule has 0 saturated carbocycles. The molecule has 0 aromatic carbocycles. The van der Waals surface area contributed by atoms with E-state index in [1.54, 1.807) is 0 Å². The van der Waals surface area contributed by atoms with E-state index in [9.17, 15) is 14.7 Å². The largest absolute Gasteiger partial charge is 0.550 e. The molecule has 26 heavy (non-hydrogen) atoms. The number of rotatable bonds is 15. The monoisotopic (exact) mass is 367 g/mol. The number of ether oxygens (including phenoxy) is 1. The van der Waals surface area contributed by atoms with Gasteiger partial charge in [0.15, 0.2) is 6.10 Å². The predicted molar refractivity (Wildman–Crippen MR) is 103 cm³/mol. The summed E-state index contributed by atoms with van der Waals surface area (Å²) in [6.07, 6.45) is 15.4. The maximum absolute atomic E-state index is 11.9. The van der Waals surface area contributed by atoms with Crippen LogP contribution in [0.25, 0.3) is 0 Å². The van der Waals surface area contributed by atoms with Crippen molar-refractivity contribution in [3.63, 3.8) is 0 Å². The van der Waals surface area contributed by atoms with Gasteiger partial charge >= 0.3 is 5.97 Å². The summed E-state index contributed by atoms with van der Waals surface area (Å²) in [6, 6.07) is 0. The summed E-state index contributed by atoms with van der Waals surface area (Å²) in [5.74, 6) is -1.49. The van der Waals surface area contributed by atoms with Gasteiger partial charge in [0.25, 0.3) is 0 Å². The van der Waals surface area contributed by atoms with Crippen LogP contribution in [0.4, 0.5) is 0 Å². The Balaban J connectivity index is 3.81. The number of carbonyl (C=O) groups excluding carboxylic acids is 2. The Hall–Kier alpha value is -1.62. The summed E-state index contributed by atoms with van der Waals surface area (Å²) in [4.78, 5) is 22.7. The number of hydrogen-bond donors (Lipinski definition) is 0. The molecule has 0 spiro atoms. The predicted octanol–water partition coefficient (Wildman–Crippen LogP) is 3.00. The highest BCUT2D eigenvalue weighted by atomic mass is 16.5. The van der Waals surface area contributed by atoms with Crippen LogP contribution in [0, 0.1) is 0 Å². The third kappa shape index (κ3) is 17.2. The second-order valence-electron chi connectivity index (χ2n) is 7.77. The van der Waals surface area contributed by atoms with Gasteiger partial charge in [-0.2, -0.15) is 0 Å². The van der Waals surface area contributed by atoms with Crippen molar-refractivity contribution in [1.29, 1.82) is 0 Å². The molecule has 0 bridgehead atoms. The second kappa shape index (κ2) is 14.5. The fourth-order valence-electron chi connectivity index (χ4n) is 2.71. The molecule has 5 nitrogen and oxygen atoms in total. The van der Waals surface area contributed by atoms with Crippen molar-refractivity contribution in [1.82, 2.24) is 0 Å². The fraction of sp³-hybridized carbons (Fsp3) is 0.714. The molecule has 1 unspecified atom stereocenters. The molecule has 0 saturated heterocycles. The van der Waals surface area contributed by atoms with Gasteiger partial charge in [-0.15, -0.1) is 0 Å². The minimum Gasteiger partial charge on any atom is -0.550 e. The first-order valence-corrected chi connectivity index (χ1v) is 9.72. The lowest BCUT2D eigenvalue weighted by atomic mass is 10.1. The molecule has 0 aliphatic rings. The molecule has 0 amide bonds. The van der Waals surface area contributed by atoms with Crippen molar-refractivity contribution < 1.29 is 23.9 Å². The number of aliphatic carboxylic acids is 1. The van der Waals surface area contributed by atoms with E-state index in [2.05, 4.69) is 12.2 Å². The van der Waals surface area contributed by atoms with Crippen molar-refractivity contribution in [3.8, 4) is 0 Å². The second-order valence-corrected chi connectivity index (χ2v) is 7.77. The summed E-state index contributed by atoms with van der Waals surface area (Å²) in [6.45, 7) is 2.47. The number of carboxylic acid groups (broad SMARTS) is 1. The van der Waals surface area contributed by atoms with E-state index in [4.69, 9.17) is 4.74 Å². The molecule has 0 fully saturated rings. The van der Waals surface area contributed by atoms with Gasteiger partial charge < -0.3 is 19.1 Å². The topological polar surface area (TPSA) is 66.4 Å². The zero-order valence-electron chi connectivity index (χ0n) is 17.0. The molecule has 0 aliphatic carbocycles. The van der Waals surface area contributed by atoms with Gasteiger partial charge in [-0.1, -0.05) is 50.0 Å². The number of hydrogen-bond acceptors (Lipinski definition) is 4. The number of carboxylic acids is 1. The van der Waals surface area contributed by atoms with E-state index in [1.165, 1.54) is 19.3 Å². The first kappa shape index (κ1) is 24.4. The highest BCUT2D eigenvalue weighted by Gasteiger charge is 2.22. The van der Waals surface area contributed by atoms with Gasteiger partial charge in [0.2, 0.25) is 0 Å². The smallest absolute Gasteiger partial charge is 0.306 e. The van der Waals surface area contributed by atoms with Gasteiger partial charge in [-0.05, 0) is 26.2 Å². The summed E-state index contributed by atoms with van der Waals surface area (Å²) in [7, 11) is 5.81. The van der Waals surface area contributed by atoms with E-state index in [0.717, 1.165) is 25.7 Å². The van der Waals surface area contributed by atoms with Crippen LogP contribution in [-0.2, 0) is 14.3 Å². The van der Waals surface area contributed by atoms with Crippen LogP contribution < -0.4 is 5.11 Å². The first-order chi connectivity index (χ1) is 12.2. The van der Waals surface area contributed by atoms with Gasteiger partial charge in [0.05, 0.1) is 21.1 Å². The van der Waals surface area contributed by atoms with Crippen LogP contribution in [0.3, 0.4) is 0 Å². The molecule has 1 atom stereocenters. The van der Waals surface area contributed by atoms with Crippen LogP contribution in [-0.4, -0.2) is 50.2 Å². The van der Waals surface area contributed by atoms with E-state index in [1.807, 2.05) is 40.2 Å². The molecule has 0 aromatic heterocycles. The minimum atomic E-state index is -1.18. The Morgan fingerprint density at radius 3 is 2.19 bits per heavy atom. The summed E-state index contributed by atoms with van der Waals surface area (Å²) >= 11 is 0. The Morgan fingerprint density at radius 2 is 1.62 bits per heavy atom. The maximum Gasteiger partial charge on any atom is 0.306 e. The lowest BCUT2D eigenvalue weighted by Gasteiger charge is -2.29. The van der Waals surface area contributed by atoms with Crippen molar-refractivity contribution in [2.75, 3.05) is 27.7 Å². The average Bonchev–Trinajstić information content (AvgIpc) is 2.50. The Kier molecular flexibility index (Phi) is 13.6. The van der Waals surface area contributed by atoms with Crippen LogP contribution in [0.5, 0.6) is 0 Å². The quantitative estimate of drug-likeness (QED) is 0.193. The van der Waals surface area contributed by atoms with Crippen molar-refractivity contribution in [2.45, 2.75) is 70.8 Å². The molecule has 0 rings (SSSR count). The molecule has 0 heterocycles. The SMILES string of the molecule is C/C=C/C=C/CCCCCCCCC(=O)OC(CC(=O)[O-])C[N+](C)(C)C. The number of unbranched alkanes of at least 4 members (excludes halogenated alkanes) is 6. The summed E-state index contributed by atoms with van der Waals surface area (Å²) in [5, 5.41) is 10.8. The number of carbonyl (C=O) groups is 2. The first-order valence-electron chi connectivity index (χ1n) is 9.72. The highest BCUT2D eigenvalue weighted by Crippen LogP contribution is 2.11. The number of nitrogens with zero attached hydrogens (tertiary/aromatic N) is 1. The van der Waals surface area contributed by atoms with E-state index in [0.29, 0.717) is 17.4 Å². The summed E-state index contributed by atoms with van der Waals surface area (Å²) in [5.41, 5.74) is 0. The van der Waals surface area contributed by atoms with Gasteiger partial charge in [-0.25, -0.2) is 0 Å². The summed E-state index contributed by atoms with van der Waals surface area (Å²) < 4.78 is 5.88. The van der Waals surface area contributed by atoms with Crippen LogP contribution in [0.2, 0.25) is 0 Å². The molecule has 150 valence electrons. The molecular weight excluding hydrogens is 330 g/mol. The van der Waals surface area contributed by atoms with Crippen molar-refractivity contribution in [2.24, 2.45) is 0 Å². The number of likely N-dealkylation sites (N-methyl/N-ethyl adjacent to an activating group) is 1. The fourth-order valence-corrected chi connectivity index (χ4v) is 2.71. The van der Waals surface area contributed by atoms with E-state index < -0.39 is 12.1 Å². The normalized spacial score (nSPS) is 13.4. The average molecular weight is 368 g/mol. The van der Waals surface area contributed by atoms with Gasteiger partial charge in [0.1, 0.15) is 6.54 Å². The molecule has 0 N–H and O–H groups in total. The Labute approximate surface area is 159 Å². The number of esters is 1. The third-order valence-corrected chi connectivity index (χ3v) is 3.89. The van der Waals surface area contributed by atoms with E-state index in [-0.39, 0.29) is 12.4 Å². The Morgan fingerprint density at radius 1 is 1.00 bits per heavy atom. The van der Waals surface area contributed by atoms with Crippen LogP contribution >= 0.6 is 0 Å². The Bertz CT molecular complexity index is 449. The van der Waals surface area contributed by atoms with Gasteiger partial charge in [0, 0.05) is 18.8 Å². The zero-order chi connectivity index (χ0) is 19.8. The third-order valence-electron chi connectivity index (χ3n) is 3.89. The molecule has 0 aliphatic heterocycles. The lowest BCUT2D eigenvalue weighted by Crippen LogP contribution is -2.45. The maximum atomic E-state index is 11.9. The highest BCUT2D eigenvalue weighted by molar-refractivity contribution is 5.70. The van der Waals surface area contributed by atoms with Gasteiger partial charge in [-0.3, -0.25) is 4.79 Å². The van der Waals surface area contributed by atoms with Crippen LogP contribution in [0.1, 0.15) is 64.7 Å². The molecule has 5 heteroatoms. The van der Waals surface area contributed by atoms with E-state index >= 15 is 0 Å². The van der Waals surface area contributed by atoms with Crippen molar-refractivity contribution >= 4 is 11.9 Å². The number of allylic oxidation sites excluding steroid dienone is 4. The zero-order valence-corrected chi connectivity index (χ0v) is 17.0.